The number of hydrogen-bond acceptors (Lipinski definition) is 2. The number of fused-ring (bicyclic) bond motifs is 3. The molecule has 1 atom stereocenters. The number of carbonyl (C=O) groups is 1. The first-order valence-corrected chi connectivity index (χ1v) is 13.2. The van der Waals surface area contributed by atoms with Crippen LogP contribution in [0.25, 0.3) is 10.9 Å². The minimum absolute atomic E-state index is 0.229. The first-order valence-electron chi connectivity index (χ1n) is 13.2. The first kappa shape index (κ1) is 26.9. The Morgan fingerprint density at radius 3 is 2.41 bits per heavy atom. The third-order valence-corrected chi connectivity index (χ3v) is 7.83. The van der Waals surface area contributed by atoms with Crippen molar-refractivity contribution >= 4 is 16.8 Å². The van der Waals surface area contributed by atoms with E-state index in [1.165, 1.54) is 0 Å². The molecule has 8 heteroatoms. The Labute approximate surface area is 225 Å². The summed E-state index contributed by atoms with van der Waals surface area (Å²) in [6.45, 7) is 0.838. The fourth-order valence-electron chi connectivity index (χ4n) is 5.88. The summed E-state index contributed by atoms with van der Waals surface area (Å²) in [5.74, 6) is -8.03. The van der Waals surface area contributed by atoms with Crippen LogP contribution in [0.2, 0.25) is 0 Å². The SMILES string of the molecule is CN(C)CCC1(CCCc2ccccc2)c2[nH]c3ccccc3c2CCN1C(=O)c1cc(F)c(F)c(F)c1F. The molecule has 5 rings (SSSR count). The van der Waals surface area contributed by atoms with Crippen LogP contribution in [0.4, 0.5) is 17.6 Å². The van der Waals surface area contributed by atoms with Crippen molar-refractivity contribution in [3.05, 3.63) is 106 Å². The number of halogens is 4. The van der Waals surface area contributed by atoms with E-state index in [2.05, 4.69) is 4.98 Å². The fourth-order valence-corrected chi connectivity index (χ4v) is 5.88. The molecule has 39 heavy (non-hydrogen) atoms. The van der Waals surface area contributed by atoms with Crippen LogP contribution in [0, 0.1) is 23.3 Å². The van der Waals surface area contributed by atoms with E-state index in [4.69, 9.17) is 0 Å². The van der Waals surface area contributed by atoms with Gasteiger partial charge in [0.15, 0.2) is 23.3 Å². The Kier molecular flexibility index (Phi) is 7.49. The summed E-state index contributed by atoms with van der Waals surface area (Å²) in [6, 6.07) is 18.4. The zero-order valence-electron chi connectivity index (χ0n) is 22.0. The van der Waals surface area contributed by atoms with Crippen LogP contribution >= 0.6 is 0 Å². The van der Waals surface area contributed by atoms with Crippen molar-refractivity contribution in [1.82, 2.24) is 14.8 Å². The van der Waals surface area contributed by atoms with Gasteiger partial charge in [0.25, 0.3) is 5.91 Å². The van der Waals surface area contributed by atoms with E-state index < -0.39 is 40.3 Å². The molecule has 0 bridgehead atoms. The molecule has 1 unspecified atom stereocenters. The molecule has 0 saturated heterocycles. The lowest BCUT2D eigenvalue weighted by molar-refractivity contribution is 0.0295. The van der Waals surface area contributed by atoms with Crippen LogP contribution in [0.3, 0.4) is 0 Å². The largest absolute Gasteiger partial charge is 0.356 e. The van der Waals surface area contributed by atoms with Crippen molar-refractivity contribution in [3.63, 3.8) is 0 Å². The van der Waals surface area contributed by atoms with Crippen molar-refractivity contribution in [1.29, 1.82) is 0 Å². The van der Waals surface area contributed by atoms with Crippen LogP contribution in [0.5, 0.6) is 0 Å². The smallest absolute Gasteiger partial charge is 0.257 e. The average Bonchev–Trinajstić information content (AvgIpc) is 3.33. The highest BCUT2D eigenvalue weighted by Crippen LogP contribution is 2.45. The summed E-state index contributed by atoms with van der Waals surface area (Å²) in [7, 11) is 3.87. The third kappa shape index (κ3) is 4.93. The molecule has 1 aliphatic rings. The molecule has 1 N–H and O–H groups in total. The highest BCUT2D eigenvalue weighted by atomic mass is 19.2. The number of aryl methyl sites for hydroxylation is 1. The van der Waals surface area contributed by atoms with E-state index in [-0.39, 0.29) is 6.54 Å². The molecular weight excluding hydrogens is 506 g/mol. The average molecular weight is 538 g/mol. The van der Waals surface area contributed by atoms with E-state index in [0.29, 0.717) is 38.3 Å². The Morgan fingerprint density at radius 1 is 0.949 bits per heavy atom. The van der Waals surface area contributed by atoms with Crippen molar-refractivity contribution in [2.45, 2.75) is 37.6 Å². The molecule has 1 amide bonds. The van der Waals surface area contributed by atoms with Crippen LogP contribution in [0.15, 0.2) is 60.7 Å². The van der Waals surface area contributed by atoms with E-state index in [1.807, 2.05) is 73.6 Å². The summed E-state index contributed by atoms with van der Waals surface area (Å²) in [4.78, 5) is 21.1. The molecular formula is C31H31F4N3O. The minimum atomic E-state index is -1.98. The summed E-state index contributed by atoms with van der Waals surface area (Å²) < 4.78 is 57.1. The van der Waals surface area contributed by atoms with Gasteiger partial charge < -0.3 is 14.8 Å². The van der Waals surface area contributed by atoms with Gasteiger partial charge in [0.1, 0.15) is 0 Å². The zero-order chi connectivity index (χ0) is 27.7. The second-order valence-corrected chi connectivity index (χ2v) is 10.5. The first-order chi connectivity index (χ1) is 18.7. The van der Waals surface area contributed by atoms with E-state index in [0.717, 1.165) is 34.1 Å². The maximum atomic E-state index is 14.9. The lowest BCUT2D eigenvalue weighted by Crippen LogP contribution is -2.55. The van der Waals surface area contributed by atoms with E-state index >= 15 is 0 Å². The quantitative estimate of drug-likeness (QED) is 0.156. The predicted octanol–water partition coefficient (Wildman–Crippen LogP) is 6.59. The number of amides is 1. The lowest BCUT2D eigenvalue weighted by Gasteiger charge is -2.48. The molecule has 0 spiro atoms. The van der Waals surface area contributed by atoms with Crippen molar-refractivity contribution < 1.29 is 22.4 Å². The molecule has 204 valence electrons. The number of nitrogens with zero attached hydrogens (tertiary/aromatic N) is 2. The number of nitrogens with one attached hydrogen (secondary N) is 1. The Morgan fingerprint density at radius 2 is 1.67 bits per heavy atom. The number of aromatic nitrogens is 1. The minimum Gasteiger partial charge on any atom is -0.356 e. The zero-order valence-corrected chi connectivity index (χ0v) is 22.0. The summed E-state index contributed by atoms with van der Waals surface area (Å²) in [5, 5.41) is 1.06. The second kappa shape index (κ2) is 10.8. The molecule has 2 heterocycles. The van der Waals surface area contributed by atoms with Crippen molar-refractivity contribution in [2.75, 3.05) is 27.2 Å². The molecule has 0 aliphatic carbocycles. The Hall–Kier alpha value is -3.65. The standard InChI is InChI=1S/C31H31F4N3O/c1-37(2)18-16-31(15-8-11-20-9-4-3-5-10-20)29-22(21-12-6-7-13-25(21)36-29)14-17-38(31)30(39)23-19-24(32)27(34)28(35)26(23)33/h3-7,9-10,12-13,19,36H,8,11,14-18H2,1-2H3. The molecule has 1 aliphatic heterocycles. The van der Waals surface area contributed by atoms with Gasteiger partial charge in [-0.15, -0.1) is 0 Å². The third-order valence-electron chi connectivity index (χ3n) is 7.83. The Balaban J connectivity index is 1.64. The van der Waals surface area contributed by atoms with Gasteiger partial charge in [-0.05, 0) is 69.5 Å². The monoisotopic (exact) mass is 537 g/mol. The summed E-state index contributed by atoms with van der Waals surface area (Å²) in [6.07, 6.45) is 3.01. The molecule has 0 fully saturated rings. The van der Waals surface area contributed by atoms with Crippen LogP contribution in [0.1, 0.15) is 46.4 Å². The van der Waals surface area contributed by atoms with Crippen molar-refractivity contribution in [2.24, 2.45) is 0 Å². The highest BCUT2D eigenvalue weighted by Gasteiger charge is 2.47. The molecule has 1 aromatic heterocycles. The van der Waals surface area contributed by atoms with Gasteiger partial charge in [-0.25, -0.2) is 17.6 Å². The van der Waals surface area contributed by atoms with Crippen molar-refractivity contribution in [3.8, 4) is 0 Å². The molecule has 0 radical (unpaired) electrons. The van der Waals surface area contributed by atoms with Gasteiger partial charge in [-0.2, -0.15) is 0 Å². The number of rotatable bonds is 8. The van der Waals surface area contributed by atoms with Gasteiger partial charge >= 0.3 is 0 Å². The van der Waals surface area contributed by atoms with Gasteiger partial charge in [0.2, 0.25) is 0 Å². The topological polar surface area (TPSA) is 39.3 Å². The van der Waals surface area contributed by atoms with Crippen LogP contribution in [-0.4, -0.2) is 47.9 Å². The number of H-pyrrole nitrogens is 1. The Bertz CT molecular complexity index is 1500. The van der Waals surface area contributed by atoms with Gasteiger partial charge in [0, 0.05) is 29.7 Å². The number of benzene rings is 3. The summed E-state index contributed by atoms with van der Waals surface area (Å²) in [5.41, 5.74) is 2.32. The number of carbonyl (C=O) groups excluding carboxylic acids is 1. The lowest BCUT2D eigenvalue weighted by atomic mass is 9.77. The maximum absolute atomic E-state index is 14.9. The predicted molar refractivity (Wildman–Crippen MR) is 144 cm³/mol. The van der Waals surface area contributed by atoms with E-state index in [9.17, 15) is 22.4 Å². The molecule has 4 nitrogen and oxygen atoms in total. The number of para-hydroxylation sites is 1. The number of hydrogen-bond donors (Lipinski definition) is 1. The van der Waals surface area contributed by atoms with Crippen LogP contribution < -0.4 is 0 Å². The van der Waals surface area contributed by atoms with Gasteiger partial charge in [-0.3, -0.25) is 4.79 Å². The van der Waals surface area contributed by atoms with Gasteiger partial charge in [0.05, 0.1) is 11.1 Å². The summed E-state index contributed by atoms with van der Waals surface area (Å²) >= 11 is 0. The fraction of sp³-hybridized carbons (Fsp3) is 0.323. The highest BCUT2D eigenvalue weighted by molar-refractivity contribution is 5.96. The van der Waals surface area contributed by atoms with Gasteiger partial charge in [-0.1, -0.05) is 48.5 Å². The van der Waals surface area contributed by atoms with Crippen LogP contribution in [-0.2, 0) is 18.4 Å². The van der Waals surface area contributed by atoms with E-state index in [1.54, 1.807) is 4.90 Å². The molecule has 0 saturated carbocycles. The molecule has 4 aromatic rings. The second-order valence-electron chi connectivity index (χ2n) is 10.5. The molecule has 3 aromatic carbocycles. The maximum Gasteiger partial charge on any atom is 0.257 e. The normalized spacial score (nSPS) is 17.2. The number of aromatic amines is 1.